The summed E-state index contributed by atoms with van der Waals surface area (Å²) in [6.07, 6.45) is 1.47. The van der Waals surface area contributed by atoms with Crippen LogP contribution in [0.3, 0.4) is 0 Å². The van der Waals surface area contributed by atoms with Gasteiger partial charge < -0.3 is 4.74 Å². The molecule has 4 aromatic rings. The summed E-state index contributed by atoms with van der Waals surface area (Å²) in [4.78, 5) is 59.6. The molecule has 0 radical (unpaired) electrons. The summed E-state index contributed by atoms with van der Waals surface area (Å²) in [6, 6.07) is 20.7. The minimum Gasteiger partial charge on any atom is -0.450 e. The Morgan fingerprint density at radius 1 is 0.956 bits per heavy atom. The largest absolute Gasteiger partial charge is 0.450 e. The number of amides is 2. The number of halogens is 2. The lowest BCUT2D eigenvalue weighted by atomic mass is 9.76. The van der Waals surface area contributed by atoms with E-state index in [0.29, 0.717) is 44.4 Å². The van der Waals surface area contributed by atoms with Crippen molar-refractivity contribution in [2.75, 3.05) is 10.8 Å². The van der Waals surface area contributed by atoms with Gasteiger partial charge in [-0.1, -0.05) is 42.3 Å². The number of ketones is 1. The van der Waals surface area contributed by atoms with Crippen LogP contribution in [0.15, 0.2) is 72.8 Å². The number of esters is 1. The first-order valence-electron chi connectivity index (χ1n) is 15.1. The zero-order valence-electron chi connectivity index (χ0n) is 25.0. The molecule has 2 heterocycles. The van der Waals surface area contributed by atoms with E-state index in [4.69, 9.17) is 32.9 Å². The van der Waals surface area contributed by atoms with Crippen LogP contribution in [0, 0.1) is 24.7 Å². The van der Waals surface area contributed by atoms with E-state index in [0.717, 1.165) is 24.8 Å². The monoisotopic (exact) mass is 642 g/mol. The summed E-state index contributed by atoms with van der Waals surface area (Å²) < 4.78 is 5.81. The van der Waals surface area contributed by atoms with Crippen molar-refractivity contribution >= 4 is 63.4 Å². The second-order valence-corrected chi connectivity index (χ2v) is 12.8. The number of benzene rings is 3. The Morgan fingerprint density at radius 2 is 1.67 bits per heavy atom. The first-order chi connectivity index (χ1) is 21.6. The maximum Gasteiger partial charge on any atom is 0.339 e. The number of alkyl halides is 1. The van der Waals surface area contributed by atoms with Crippen LogP contribution in [-0.2, 0) is 14.3 Å². The van der Waals surface area contributed by atoms with Gasteiger partial charge in [-0.05, 0) is 86.7 Å². The molecule has 1 aliphatic heterocycles. The van der Waals surface area contributed by atoms with Crippen molar-refractivity contribution in [3.63, 3.8) is 0 Å². The summed E-state index contributed by atoms with van der Waals surface area (Å²) in [5.74, 6) is -1.26. The molecule has 9 heteroatoms. The van der Waals surface area contributed by atoms with Crippen LogP contribution < -0.4 is 4.90 Å². The van der Waals surface area contributed by atoms with Crippen molar-refractivity contribution in [3.05, 3.63) is 94.5 Å². The van der Waals surface area contributed by atoms with Crippen LogP contribution in [0.25, 0.3) is 22.2 Å². The molecule has 45 heavy (non-hydrogen) atoms. The molecule has 230 valence electrons. The topological polar surface area (TPSA) is 93.6 Å². The van der Waals surface area contributed by atoms with Crippen molar-refractivity contribution in [2.24, 2.45) is 17.8 Å². The highest BCUT2D eigenvalue weighted by molar-refractivity contribution is 6.30. The quantitative estimate of drug-likeness (QED) is 0.0841. The third-order valence-corrected chi connectivity index (χ3v) is 9.30. The molecule has 2 fully saturated rings. The van der Waals surface area contributed by atoms with Crippen molar-refractivity contribution < 1.29 is 23.9 Å². The van der Waals surface area contributed by atoms with E-state index >= 15 is 0 Å². The molecule has 3 aromatic carbocycles. The smallest absolute Gasteiger partial charge is 0.339 e. The van der Waals surface area contributed by atoms with Gasteiger partial charge in [-0.15, -0.1) is 11.6 Å². The predicted molar refractivity (Wildman–Crippen MR) is 175 cm³/mol. The number of aryl methyl sites for hydroxylation is 1. The standard InChI is InChI=1S/C36H32Cl2N2O5/c1-20-3-13-26-28(18-20)35(43)40(34(26)42)25-11-7-22(8-12-25)31-19-29(27-17-21(2)4-14-30(27)39-31)36(44)45-32(15-16-37)33(41)23-5-9-24(38)10-6-23/h4-12,14,17,19-20,26,28,32H,3,13,15-16,18H2,1-2H3. The number of fused-ring (bicyclic) bond motifs is 2. The number of anilines is 1. The second-order valence-electron chi connectivity index (χ2n) is 12.0. The third-order valence-electron chi connectivity index (χ3n) is 8.83. The highest BCUT2D eigenvalue weighted by Gasteiger charge is 2.49. The van der Waals surface area contributed by atoms with Crippen molar-refractivity contribution in [3.8, 4) is 11.3 Å². The number of Topliss-reactive ketones (excluding diaryl/α,β-unsaturated/α-hetero) is 1. The molecular formula is C36H32Cl2N2O5. The summed E-state index contributed by atoms with van der Waals surface area (Å²) in [7, 11) is 0. The Kier molecular flexibility index (Phi) is 8.76. The average Bonchev–Trinajstić information content (AvgIpc) is 3.28. The highest BCUT2D eigenvalue weighted by Crippen LogP contribution is 2.42. The SMILES string of the molecule is Cc1ccc2nc(-c3ccc(N4C(=O)C5CCC(C)CC5C4=O)cc3)cc(C(=O)OC(CCCl)C(=O)c3ccc(Cl)cc3)c2c1. The van der Waals surface area contributed by atoms with E-state index in [1.807, 2.05) is 25.1 Å². The van der Waals surface area contributed by atoms with Gasteiger partial charge in [-0.2, -0.15) is 0 Å². The van der Waals surface area contributed by atoms with Crippen molar-refractivity contribution in [2.45, 2.75) is 45.6 Å². The summed E-state index contributed by atoms with van der Waals surface area (Å²) in [5, 5.41) is 1.08. The van der Waals surface area contributed by atoms with Gasteiger partial charge in [0.1, 0.15) is 0 Å². The molecule has 2 amide bonds. The fourth-order valence-electron chi connectivity index (χ4n) is 6.42. The molecule has 4 atom stereocenters. The van der Waals surface area contributed by atoms with E-state index < -0.39 is 12.1 Å². The Morgan fingerprint density at radius 3 is 2.38 bits per heavy atom. The molecule has 6 rings (SSSR count). The number of ether oxygens (including phenoxy) is 1. The van der Waals surface area contributed by atoms with Crippen LogP contribution in [0.4, 0.5) is 5.69 Å². The normalized spacial score (nSPS) is 20.3. The van der Waals surface area contributed by atoms with Crippen molar-refractivity contribution in [1.29, 1.82) is 0 Å². The van der Waals surface area contributed by atoms with E-state index in [2.05, 4.69) is 6.92 Å². The fraction of sp³-hybridized carbons (Fsp3) is 0.306. The number of nitrogens with zero attached hydrogens (tertiary/aromatic N) is 2. The van der Waals surface area contributed by atoms with Gasteiger partial charge >= 0.3 is 5.97 Å². The molecule has 0 bridgehead atoms. The van der Waals surface area contributed by atoms with Crippen LogP contribution in [-0.4, -0.2) is 40.5 Å². The van der Waals surface area contributed by atoms with Crippen molar-refractivity contribution in [1.82, 2.24) is 4.98 Å². The van der Waals surface area contributed by atoms with Gasteiger partial charge in [0.2, 0.25) is 17.6 Å². The lowest BCUT2D eigenvalue weighted by Crippen LogP contribution is -2.30. The summed E-state index contributed by atoms with van der Waals surface area (Å²) >= 11 is 12.0. The number of pyridine rings is 1. The minimum absolute atomic E-state index is 0.119. The third kappa shape index (κ3) is 6.11. The number of hydrogen-bond donors (Lipinski definition) is 0. The number of aromatic nitrogens is 1. The molecule has 1 saturated carbocycles. The maximum atomic E-state index is 13.7. The van der Waals surface area contributed by atoms with Crippen LogP contribution in [0.2, 0.25) is 5.02 Å². The first-order valence-corrected chi connectivity index (χ1v) is 16.0. The summed E-state index contributed by atoms with van der Waals surface area (Å²) in [5.41, 5.74) is 3.85. The average molecular weight is 644 g/mol. The lowest BCUT2D eigenvalue weighted by Gasteiger charge is -2.25. The van der Waals surface area contributed by atoms with E-state index in [1.165, 1.54) is 4.90 Å². The Labute approximate surface area is 271 Å². The fourth-order valence-corrected chi connectivity index (χ4v) is 6.74. The first kappa shape index (κ1) is 30.9. The van der Waals surface area contributed by atoms with Gasteiger partial charge in [-0.3, -0.25) is 19.3 Å². The van der Waals surface area contributed by atoms with Crippen LogP contribution >= 0.6 is 23.2 Å². The van der Waals surface area contributed by atoms with Gasteiger partial charge in [0.15, 0.2) is 6.10 Å². The van der Waals surface area contributed by atoms with Gasteiger partial charge in [0.05, 0.1) is 34.3 Å². The van der Waals surface area contributed by atoms with E-state index in [-0.39, 0.29) is 47.3 Å². The van der Waals surface area contributed by atoms with Gasteiger partial charge in [0, 0.05) is 33.8 Å². The minimum atomic E-state index is -1.09. The maximum absolute atomic E-state index is 13.7. The van der Waals surface area contributed by atoms with Crippen LogP contribution in [0.5, 0.6) is 0 Å². The Hall–Kier alpha value is -4.07. The number of carbonyl (C=O) groups excluding carboxylic acids is 4. The Balaban J connectivity index is 1.31. The molecule has 2 aliphatic rings. The molecule has 0 N–H and O–H groups in total. The zero-order valence-corrected chi connectivity index (χ0v) is 26.5. The highest BCUT2D eigenvalue weighted by atomic mass is 35.5. The lowest BCUT2D eigenvalue weighted by molar-refractivity contribution is -0.122. The molecule has 7 nitrogen and oxygen atoms in total. The second kappa shape index (κ2) is 12.7. The molecule has 1 saturated heterocycles. The van der Waals surface area contributed by atoms with Crippen LogP contribution in [0.1, 0.15) is 58.9 Å². The number of hydrogen-bond acceptors (Lipinski definition) is 6. The van der Waals surface area contributed by atoms with E-state index in [9.17, 15) is 19.2 Å². The summed E-state index contributed by atoms with van der Waals surface area (Å²) in [6.45, 7) is 4.04. The molecule has 1 aromatic heterocycles. The molecule has 4 unspecified atom stereocenters. The predicted octanol–water partition coefficient (Wildman–Crippen LogP) is 7.83. The number of carbonyl (C=O) groups is 4. The zero-order chi connectivity index (χ0) is 31.8. The molecular weight excluding hydrogens is 611 g/mol. The van der Waals surface area contributed by atoms with Gasteiger partial charge in [-0.25, -0.2) is 9.78 Å². The number of rotatable bonds is 8. The molecule has 0 spiro atoms. The van der Waals surface area contributed by atoms with E-state index in [1.54, 1.807) is 54.6 Å². The Bertz CT molecular complexity index is 1810. The molecule has 1 aliphatic carbocycles. The number of imide groups is 1. The van der Waals surface area contributed by atoms with Gasteiger partial charge in [0.25, 0.3) is 0 Å².